The molecule has 0 unspecified atom stereocenters. The van der Waals surface area contributed by atoms with Crippen molar-refractivity contribution >= 4 is 17.7 Å². The number of nitrogens with zero attached hydrogens (tertiary/aromatic N) is 1. The summed E-state index contributed by atoms with van der Waals surface area (Å²) in [6, 6.07) is 6.45. The fourth-order valence-electron chi connectivity index (χ4n) is 2.20. The maximum absolute atomic E-state index is 13.0. The van der Waals surface area contributed by atoms with Crippen LogP contribution in [0.2, 0.25) is 0 Å². The molecular formula is C14H19FN2OS. The van der Waals surface area contributed by atoms with Crippen LogP contribution in [-0.2, 0) is 4.79 Å². The SMILES string of the molecule is CC[C@@H]1S[C@H](c2ccc(F)cc2)N(CCNC)C1=O. The molecule has 104 valence electrons. The molecule has 1 aliphatic rings. The molecule has 1 N–H and O–H groups in total. The molecule has 1 aromatic carbocycles. The maximum Gasteiger partial charge on any atom is 0.236 e. The zero-order valence-electron chi connectivity index (χ0n) is 11.2. The summed E-state index contributed by atoms with van der Waals surface area (Å²) in [4.78, 5) is 14.2. The number of hydrogen-bond donors (Lipinski definition) is 1. The van der Waals surface area contributed by atoms with Crippen molar-refractivity contribution in [3.8, 4) is 0 Å². The van der Waals surface area contributed by atoms with E-state index in [0.29, 0.717) is 6.54 Å². The standard InChI is InChI=1S/C14H19FN2OS/c1-3-12-13(18)17(9-8-16-2)14(19-12)10-4-6-11(15)7-5-10/h4-7,12,14,16H,3,8-9H2,1-2H3/t12-,14+/m0/s1. The molecule has 0 bridgehead atoms. The van der Waals surface area contributed by atoms with Crippen LogP contribution in [0.3, 0.4) is 0 Å². The number of carbonyl (C=O) groups excluding carboxylic acids is 1. The summed E-state index contributed by atoms with van der Waals surface area (Å²) >= 11 is 1.66. The summed E-state index contributed by atoms with van der Waals surface area (Å²) in [5.74, 6) is -0.0519. The van der Waals surface area contributed by atoms with Crippen LogP contribution in [0.5, 0.6) is 0 Å². The fourth-order valence-corrected chi connectivity index (χ4v) is 3.63. The number of nitrogens with one attached hydrogen (secondary N) is 1. The van der Waals surface area contributed by atoms with Crippen molar-refractivity contribution in [3.63, 3.8) is 0 Å². The lowest BCUT2D eigenvalue weighted by Crippen LogP contribution is -2.35. The van der Waals surface area contributed by atoms with E-state index in [2.05, 4.69) is 5.32 Å². The third kappa shape index (κ3) is 3.09. The average molecular weight is 282 g/mol. The Bertz CT molecular complexity index is 438. The van der Waals surface area contributed by atoms with Crippen molar-refractivity contribution in [2.45, 2.75) is 24.0 Å². The highest BCUT2D eigenvalue weighted by Crippen LogP contribution is 2.43. The van der Waals surface area contributed by atoms with Crippen LogP contribution >= 0.6 is 11.8 Å². The minimum atomic E-state index is -0.244. The molecule has 0 saturated carbocycles. The van der Waals surface area contributed by atoms with Gasteiger partial charge in [-0.15, -0.1) is 11.8 Å². The van der Waals surface area contributed by atoms with Gasteiger partial charge in [0.15, 0.2) is 0 Å². The quantitative estimate of drug-likeness (QED) is 0.900. The predicted octanol–water partition coefficient (Wildman–Crippen LogP) is 2.40. The Morgan fingerprint density at radius 3 is 2.63 bits per heavy atom. The molecule has 1 amide bonds. The number of benzene rings is 1. The molecule has 19 heavy (non-hydrogen) atoms. The van der Waals surface area contributed by atoms with Crippen molar-refractivity contribution in [1.29, 1.82) is 0 Å². The van der Waals surface area contributed by atoms with Crippen LogP contribution in [-0.4, -0.2) is 36.2 Å². The number of carbonyl (C=O) groups is 1. The Hall–Kier alpha value is -1.07. The van der Waals surface area contributed by atoms with Gasteiger partial charge in [-0.05, 0) is 31.2 Å². The number of hydrogen-bond acceptors (Lipinski definition) is 3. The summed E-state index contributed by atoms with van der Waals surface area (Å²) in [5, 5.41) is 3.09. The molecule has 1 fully saturated rings. The fraction of sp³-hybridized carbons (Fsp3) is 0.500. The first-order valence-corrected chi connectivity index (χ1v) is 7.47. The van der Waals surface area contributed by atoms with Gasteiger partial charge in [-0.2, -0.15) is 0 Å². The molecule has 1 aromatic rings. The number of rotatable bonds is 5. The van der Waals surface area contributed by atoms with Gasteiger partial charge < -0.3 is 10.2 Å². The van der Waals surface area contributed by atoms with E-state index in [9.17, 15) is 9.18 Å². The number of likely N-dealkylation sites (N-methyl/N-ethyl adjacent to an activating group) is 1. The smallest absolute Gasteiger partial charge is 0.236 e. The lowest BCUT2D eigenvalue weighted by Gasteiger charge is -2.24. The summed E-state index contributed by atoms with van der Waals surface area (Å²) in [6.07, 6.45) is 0.831. The molecule has 1 aliphatic heterocycles. The minimum Gasteiger partial charge on any atom is -0.324 e. The largest absolute Gasteiger partial charge is 0.324 e. The van der Waals surface area contributed by atoms with E-state index in [1.54, 1.807) is 23.9 Å². The highest BCUT2D eigenvalue weighted by atomic mass is 32.2. The number of halogens is 1. The Labute approximate surface area is 117 Å². The first-order chi connectivity index (χ1) is 9.17. The van der Waals surface area contributed by atoms with Gasteiger partial charge in [0.05, 0.1) is 5.25 Å². The van der Waals surface area contributed by atoms with Crippen molar-refractivity contribution in [2.75, 3.05) is 20.1 Å². The molecule has 0 aliphatic carbocycles. The van der Waals surface area contributed by atoms with Crippen LogP contribution in [0.15, 0.2) is 24.3 Å². The van der Waals surface area contributed by atoms with E-state index >= 15 is 0 Å². The second kappa shape index (κ2) is 6.39. The van der Waals surface area contributed by atoms with E-state index in [4.69, 9.17) is 0 Å². The zero-order valence-corrected chi connectivity index (χ0v) is 12.0. The van der Waals surface area contributed by atoms with Gasteiger partial charge in [0.25, 0.3) is 0 Å². The third-order valence-electron chi connectivity index (χ3n) is 3.26. The average Bonchev–Trinajstić information content (AvgIpc) is 2.74. The van der Waals surface area contributed by atoms with Gasteiger partial charge in [-0.1, -0.05) is 19.1 Å². The minimum absolute atomic E-state index is 0.00593. The van der Waals surface area contributed by atoms with Gasteiger partial charge in [-0.3, -0.25) is 4.79 Å². The first kappa shape index (κ1) is 14.3. The van der Waals surface area contributed by atoms with Gasteiger partial charge >= 0.3 is 0 Å². The molecule has 2 rings (SSSR count). The summed E-state index contributed by atoms with van der Waals surface area (Å²) in [7, 11) is 1.87. The molecule has 1 heterocycles. The van der Waals surface area contributed by atoms with Gasteiger partial charge in [-0.25, -0.2) is 4.39 Å². The van der Waals surface area contributed by atoms with Crippen LogP contribution in [0.1, 0.15) is 24.3 Å². The van der Waals surface area contributed by atoms with Gasteiger partial charge in [0.2, 0.25) is 5.91 Å². The Kier molecular flexibility index (Phi) is 4.82. The lowest BCUT2D eigenvalue weighted by molar-refractivity contribution is -0.130. The maximum atomic E-state index is 13.0. The topological polar surface area (TPSA) is 32.3 Å². The summed E-state index contributed by atoms with van der Waals surface area (Å²) in [5.41, 5.74) is 0.992. The van der Waals surface area contributed by atoms with Gasteiger partial charge in [0.1, 0.15) is 11.2 Å². The molecular weight excluding hydrogens is 263 g/mol. The number of thioether (sulfide) groups is 1. The molecule has 0 radical (unpaired) electrons. The van der Waals surface area contributed by atoms with Crippen molar-refractivity contribution in [3.05, 3.63) is 35.6 Å². The third-order valence-corrected chi connectivity index (χ3v) is 4.91. The molecule has 3 nitrogen and oxygen atoms in total. The zero-order chi connectivity index (χ0) is 13.8. The van der Waals surface area contributed by atoms with E-state index in [1.807, 2.05) is 18.9 Å². The van der Waals surface area contributed by atoms with E-state index in [1.165, 1.54) is 12.1 Å². The highest BCUT2D eigenvalue weighted by molar-refractivity contribution is 8.01. The summed E-state index contributed by atoms with van der Waals surface area (Å²) < 4.78 is 13.0. The number of amides is 1. The van der Waals surface area contributed by atoms with Crippen molar-refractivity contribution in [1.82, 2.24) is 10.2 Å². The molecule has 2 atom stereocenters. The lowest BCUT2D eigenvalue weighted by atomic mass is 10.2. The first-order valence-electron chi connectivity index (χ1n) is 6.53. The predicted molar refractivity (Wildman–Crippen MR) is 76.5 cm³/mol. The van der Waals surface area contributed by atoms with Crippen LogP contribution in [0.4, 0.5) is 4.39 Å². The van der Waals surface area contributed by atoms with E-state index < -0.39 is 0 Å². The van der Waals surface area contributed by atoms with Crippen LogP contribution in [0, 0.1) is 5.82 Å². The van der Waals surface area contributed by atoms with E-state index in [0.717, 1.165) is 18.5 Å². The van der Waals surface area contributed by atoms with E-state index in [-0.39, 0.29) is 22.3 Å². The summed E-state index contributed by atoms with van der Waals surface area (Å²) in [6.45, 7) is 3.47. The Morgan fingerprint density at radius 1 is 1.37 bits per heavy atom. The molecule has 0 aromatic heterocycles. The van der Waals surface area contributed by atoms with Crippen molar-refractivity contribution < 1.29 is 9.18 Å². The molecule has 1 saturated heterocycles. The molecule has 0 spiro atoms. The Morgan fingerprint density at radius 2 is 2.05 bits per heavy atom. The van der Waals surface area contributed by atoms with Crippen LogP contribution in [0.25, 0.3) is 0 Å². The Balaban J connectivity index is 2.20. The van der Waals surface area contributed by atoms with Crippen molar-refractivity contribution in [2.24, 2.45) is 0 Å². The normalized spacial score (nSPS) is 23.1. The molecule has 5 heteroatoms. The monoisotopic (exact) mass is 282 g/mol. The second-order valence-corrected chi connectivity index (χ2v) is 5.86. The second-order valence-electron chi connectivity index (χ2n) is 4.57. The highest BCUT2D eigenvalue weighted by Gasteiger charge is 2.39. The van der Waals surface area contributed by atoms with Gasteiger partial charge in [0, 0.05) is 13.1 Å². The van der Waals surface area contributed by atoms with Crippen LogP contribution < -0.4 is 5.32 Å².